The molecule has 1 unspecified atom stereocenters. The Kier molecular flexibility index (Phi) is 3.58. The van der Waals surface area contributed by atoms with Crippen molar-refractivity contribution in [3.63, 3.8) is 0 Å². The Bertz CT molecular complexity index is 690. The van der Waals surface area contributed by atoms with Crippen LogP contribution in [-0.2, 0) is 11.2 Å². The van der Waals surface area contributed by atoms with Crippen molar-refractivity contribution in [2.45, 2.75) is 12.5 Å². The number of pyridine rings is 1. The molecule has 2 heterocycles. The lowest BCUT2D eigenvalue weighted by Crippen LogP contribution is -2.44. The quantitative estimate of drug-likeness (QED) is 0.862. The third-order valence-corrected chi connectivity index (χ3v) is 3.65. The molecule has 3 rings (SSSR count). The number of halogens is 1. The molecule has 0 aliphatic carbocycles. The first-order chi connectivity index (χ1) is 10.2. The van der Waals surface area contributed by atoms with E-state index in [0.717, 1.165) is 4.42 Å². The summed E-state index contributed by atoms with van der Waals surface area (Å²) in [6.45, 7) is 0. The van der Waals surface area contributed by atoms with Crippen molar-refractivity contribution < 1.29 is 9.59 Å². The van der Waals surface area contributed by atoms with Gasteiger partial charge >= 0.3 is 0 Å². The van der Waals surface area contributed by atoms with E-state index in [1.807, 2.05) is 6.07 Å². The van der Waals surface area contributed by atoms with Gasteiger partial charge in [-0.2, -0.15) is 0 Å². The molecule has 0 fully saturated rings. The van der Waals surface area contributed by atoms with Crippen LogP contribution in [0.5, 0.6) is 0 Å². The molecule has 1 aliphatic rings. The second kappa shape index (κ2) is 5.54. The predicted molar refractivity (Wildman–Crippen MR) is 79.0 cm³/mol. The monoisotopic (exact) mass is 301 g/mol. The van der Waals surface area contributed by atoms with E-state index in [-0.39, 0.29) is 11.8 Å². The number of carbonyl (C=O) groups is 2. The number of amides is 2. The average molecular weight is 302 g/mol. The highest BCUT2D eigenvalue weighted by atomic mass is 35.5. The fraction of sp³-hybridized carbons (Fsp3) is 0.133. The topological polar surface area (TPSA) is 62.3 Å². The third kappa shape index (κ3) is 2.60. The summed E-state index contributed by atoms with van der Waals surface area (Å²) in [5.41, 5.74) is 1.49. The fourth-order valence-electron chi connectivity index (χ4n) is 2.26. The lowest BCUT2D eigenvalue weighted by molar-refractivity contribution is -0.119. The van der Waals surface area contributed by atoms with E-state index in [9.17, 15) is 9.59 Å². The molecule has 0 saturated carbocycles. The van der Waals surface area contributed by atoms with Crippen LogP contribution in [0.1, 0.15) is 16.1 Å². The van der Waals surface area contributed by atoms with Crippen LogP contribution in [0.15, 0.2) is 48.7 Å². The highest BCUT2D eigenvalue weighted by Crippen LogP contribution is 2.26. The summed E-state index contributed by atoms with van der Waals surface area (Å²) in [7, 11) is 0. The molecule has 0 spiro atoms. The summed E-state index contributed by atoms with van der Waals surface area (Å²) in [5, 5.41) is 2.71. The number of nitrogens with zero attached hydrogens (tertiary/aromatic N) is 2. The first-order valence-electron chi connectivity index (χ1n) is 6.46. The molecular formula is C15H12ClN3O2. The van der Waals surface area contributed by atoms with Crippen LogP contribution in [0.4, 0.5) is 5.69 Å². The highest BCUT2D eigenvalue weighted by molar-refractivity contribution is 6.39. The summed E-state index contributed by atoms with van der Waals surface area (Å²) in [5.74, 6) is -0.691. The maximum absolute atomic E-state index is 12.4. The minimum atomic E-state index is -0.739. The number of para-hydroxylation sites is 1. The SMILES string of the molecule is O=C1NC(Cc2ccccn2)C(=O)N(Cl)c2ccccc21. The summed E-state index contributed by atoms with van der Waals surface area (Å²) >= 11 is 6.10. The van der Waals surface area contributed by atoms with E-state index in [1.165, 1.54) is 0 Å². The number of benzene rings is 1. The first kappa shape index (κ1) is 13.6. The van der Waals surface area contributed by atoms with Crippen LogP contribution in [0.2, 0.25) is 0 Å². The van der Waals surface area contributed by atoms with Gasteiger partial charge in [-0.25, -0.2) is 4.42 Å². The van der Waals surface area contributed by atoms with Gasteiger partial charge < -0.3 is 5.32 Å². The Morgan fingerprint density at radius 3 is 2.67 bits per heavy atom. The second-order valence-corrected chi connectivity index (χ2v) is 5.03. The van der Waals surface area contributed by atoms with E-state index < -0.39 is 6.04 Å². The van der Waals surface area contributed by atoms with Crippen molar-refractivity contribution in [2.24, 2.45) is 0 Å². The number of carbonyl (C=O) groups excluding carboxylic acids is 2. The van der Waals surface area contributed by atoms with Gasteiger partial charge in [-0.3, -0.25) is 14.6 Å². The number of anilines is 1. The number of fused-ring (bicyclic) bond motifs is 1. The largest absolute Gasteiger partial charge is 0.340 e. The van der Waals surface area contributed by atoms with Gasteiger partial charge in [0, 0.05) is 30.1 Å². The van der Waals surface area contributed by atoms with Crippen LogP contribution < -0.4 is 9.74 Å². The molecule has 1 aromatic heterocycles. The molecule has 1 atom stereocenters. The zero-order chi connectivity index (χ0) is 14.8. The van der Waals surface area contributed by atoms with Gasteiger partial charge in [0.25, 0.3) is 11.8 Å². The third-order valence-electron chi connectivity index (χ3n) is 3.30. The molecule has 1 N–H and O–H groups in total. The Labute approximate surface area is 126 Å². The van der Waals surface area contributed by atoms with Gasteiger partial charge in [-0.05, 0) is 24.3 Å². The average Bonchev–Trinajstić information content (AvgIpc) is 2.61. The molecule has 1 aliphatic heterocycles. The Balaban J connectivity index is 1.93. The Morgan fingerprint density at radius 1 is 1.14 bits per heavy atom. The molecule has 6 heteroatoms. The molecule has 2 aromatic rings. The van der Waals surface area contributed by atoms with Crippen LogP contribution in [0, 0.1) is 0 Å². The fourth-order valence-corrected chi connectivity index (χ4v) is 2.52. The van der Waals surface area contributed by atoms with Crippen LogP contribution in [0.3, 0.4) is 0 Å². The summed E-state index contributed by atoms with van der Waals surface area (Å²) in [4.78, 5) is 28.8. The van der Waals surface area contributed by atoms with Gasteiger partial charge in [0.15, 0.2) is 0 Å². The lowest BCUT2D eigenvalue weighted by atomic mass is 10.1. The second-order valence-electron chi connectivity index (χ2n) is 4.69. The van der Waals surface area contributed by atoms with Crippen molar-refractivity contribution in [3.05, 3.63) is 59.9 Å². The lowest BCUT2D eigenvalue weighted by Gasteiger charge is -2.18. The van der Waals surface area contributed by atoms with Crippen LogP contribution >= 0.6 is 11.8 Å². The molecular weight excluding hydrogens is 290 g/mol. The van der Waals surface area contributed by atoms with E-state index in [2.05, 4.69) is 10.3 Å². The minimum Gasteiger partial charge on any atom is -0.340 e. The van der Waals surface area contributed by atoms with Crippen molar-refractivity contribution in [3.8, 4) is 0 Å². The van der Waals surface area contributed by atoms with Crippen molar-refractivity contribution >= 4 is 29.3 Å². The van der Waals surface area contributed by atoms with Gasteiger partial charge in [-0.1, -0.05) is 18.2 Å². The molecule has 0 radical (unpaired) electrons. The number of nitrogens with one attached hydrogen (secondary N) is 1. The Hall–Kier alpha value is -2.40. The van der Waals surface area contributed by atoms with Crippen LogP contribution in [0.25, 0.3) is 0 Å². The van der Waals surface area contributed by atoms with Crippen molar-refractivity contribution in [1.29, 1.82) is 0 Å². The molecule has 21 heavy (non-hydrogen) atoms. The molecule has 106 valence electrons. The number of rotatable bonds is 2. The number of aromatic nitrogens is 1. The maximum atomic E-state index is 12.4. The van der Waals surface area contributed by atoms with E-state index >= 15 is 0 Å². The van der Waals surface area contributed by atoms with Gasteiger partial charge in [0.1, 0.15) is 6.04 Å². The number of hydrogen-bond acceptors (Lipinski definition) is 3. The Morgan fingerprint density at radius 2 is 1.90 bits per heavy atom. The van der Waals surface area contributed by atoms with E-state index in [1.54, 1.807) is 42.6 Å². The van der Waals surface area contributed by atoms with Crippen LogP contribution in [-0.4, -0.2) is 22.8 Å². The van der Waals surface area contributed by atoms with Gasteiger partial charge in [0.05, 0.1) is 11.3 Å². The summed E-state index contributed by atoms with van der Waals surface area (Å²) in [6, 6.07) is 11.4. The maximum Gasteiger partial charge on any atom is 0.264 e. The normalized spacial score (nSPS) is 18.0. The van der Waals surface area contributed by atoms with E-state index in [0.29, 0.717) is 23.4 Å². The molecule has 0 saturated heterocycles. The zero-order valence-corrected chi connectivity index (χ0v) is 11.7. The smallest absolute Gasteiger partial charge is 0.264 e. The molecule has 1 aromatic carbocycles. The number of hydrogen-bond donors (Lipinski definition) is 1. The zero-order valence-electron chi connectivity index (χ0n) is 11.0. The van der Waals surface area contributed by atoms with Gasteiger partial charge in [-0.15, -0.1) is 0 Å². The highest BCUT2D eigenvalue weighted by Gasteiger charge is 2.33. The minimum absolute atomic E-state index is 0.294. The molecule has 5 nitrogen and oxygen atoms in total. The van der Waals surface area contributed by atoms with Crippen molar-refractivity contribution in [2.75, 3.05) is 4.42 Å². The molecule has 0 bridgehead atoms. The predicted octanol–water partition coefficient (Wildman–Crippen LogP) is 1.92. The standard InChI is InChI=1S/C15H12ClN3O2/c16-19-13-7-2-1-6-11(13)14(20)18-12(15(19)21)9-10-5-3-4-8-17-10/h1-8,12H,9H2,(H,18,20). The van der Waals surface area contributed by atoms with Gasteiger partial charge in [0.2, 0.25) is 0 Å². The summed E-state index contributed by atoms with van der Waals surface area (Å²) < 4.78 is 1.00. The summed E-state index contributed by atoms with van der Waals surface area (Å²) in [6.07, 6.45) is 1.94. The van der Waals surface area contributed by atoms with Crippen molar-refractivity contribution in [1.82, 2.24) is 10.3 Å². The van der Waals surface area contributed by atoms with E-state index in [4.69, 9.17) is 11.8 Å². The molecule has 2 amide bonds. The first-order valence-corrected chi connectivity index (χ1v) is 6.80.